The third-order valence-electron chi connectivity index (χ3n) is 3.76. The summed E-state index contributed by atoms with van der Waals surface area (Å²) in [6.45, 7) is 9.99. The summed E-state index contributed by atoms with van der Waals surface area (Å²) in [6.07, 6.45) is 3.65. The number of aryl methyl sites for hydroxylation is 1. The van der Waals surface area contributed by atoms with Crippen LogP contribution in [0, 0.1) is 0 Å². The van der Waals surface area contributed by atoms with Crippen molar-refractivity contribution in [2.45, 2.75) is 52.6 Å². The lowest BCUT2D eigenvalue weighted by molar-refractivity contribution is 0.268. The highest BCUT2D eigenvalue weighted by molar-refractivity contribution is 5.22. The minimum Gasteiger partial charge on any atom is -0.313 e. The molecule has 0 saturated carbocycles. The molecule has 1 aromatic carbocycles. The number of rotatable bonds is 9. The summed E-state index contributed by atoms with van der Waals surface area (Å²) in [5.74, 6) is 0. The van der Waals surface area contributed by atoms with E-state index in [4.69, 9.17) is 0 Å². The summed E-state index contributed by atoms with van der Waals surface area (Å²) < 4.78 is 0. The smallest absolute Gasteiger partial charge is 0.0205 e. The molecular formula is C17H30N2. The second kappa shape index (κ2) is 9.11. The summed E-state index contributed by atoms with van der Waals surface area (Å²) in [6, 6.07) is 9.59. The Hall–Kier alpha value is -0.860. The van der Waals surface area contributed by atoms with Crippen molar-refractivity contribution in [2.24, 2.45) is 0 Å². The van der Waals surface area contributed by atoms with Crippen LogP contribution in [-0.2, 0) is 13.0 Å². The first-order valence-electron chi connectivity index (χ1n) is 7.62. The van der Waals surface area contributed by atoms with E-state index < -0.39 is 0 Å². The van der Waals surface area contributed by atoms with Crippen LogP contribution in [0.15, 0.2) is 24.3 Å². The summed E-state index contributed by atoms with van der Waals surface area (Å²) in [5.41, 5.74) is 2.80. The average molecular weight is 262 g/mol. The lowest BCUT2D eigenvalue weighted by Crippen LogP contribution is -2.27. The average Bonchev–Trinajstić information content (AvgIpc) is 2.42. The van der Waals surface area contributed by atoms with E-state index in [1.165, 1.54) is 30.5 Å². The van der Waals surface area contributed by atoms with Gasteiger partial charge in [-0.15, -0.1) is 0 Å². The van der Waals surface area contributed by atoms with Gasteiger partial charge < -0.3 is 10.2 Å². The van der Waals surface area contributed by atoms with Crippen molar-refractivity contribution >= 4 is 0 Å². The van der Waals surface area contributed by atoms with E-state index in [-0.39, 0.29) is 0 Å². The van der Waals surface area contributed by atoms with Crippen molar-refractivity contribution in [1.29, 1.82) is 0 Å². The Labute approximate surface area is 119 Å². The molecule has 0 amide bonds. The highest BCUT2D eigenvalue weighted by atomic mass is 15.1. The molecular weight excluding hydrogens is 232 g/mol. The van der Waals surface area contributed by atoms with Gasteiger partial charge >= 0.3 is 0 Å². The number of nitrogens with one attached hydrogen (secondary N) is 1. The molecule has 0 bridgehead atoms. The summed E-state index contributed by atoms with van der Waals surface area (Å²) >= 11 is 0. The number of hydrogen-bond donors (Lipinski definition) is 1. The Balaban J connectivity index is 2.07. The first-order valence-corrected chi connectivity index (χ1v) is 7.62. The number of unbranched alkanes of at least 4 members (excludes halogenated alkanes) is 1. The van der Waals surface area contributed by atoms with E-state index >= 15 is 0 Å². The van der Waals surface area contributed by atoms with E-state index in [0.717, 1.165) is 19.5 Å². The fraction of sp³-hybridized carbons (Fsp3) is 0.647. The summed E-state index contributed by atoms with van der Waals surface area (Å²) in [7, 11) is 2.20. The van der Waals surface area contributed by atoms with Crippen LogP contribution in [0.25, 0.3) is 0 Å². The van der Waals surface area contributed by atoms with Crippen molar-refractivity contribution in [3.8, 4) is 0 Å². The van der Waals surface area contributed by atoms with Crippen molar-refractivity contribution in [2.75, 3.05) is 20.1 Å². The van der Waals surface area contributed by atoms with Gasteiger partial charge in [0, 0.05) is 12.6 Å². The third kappa shape index (κ3) is 6.74. The van der Waals surface area contributed by atoms with E-state index in [2.05, 4.69) is 62.3 Å². The van der Waals surface area contributed by atoms with E-state index in [1.54, 1.807) is 0 Å². The Morgan fingerprint density at radius 2 is 1.68 bits per heavy atom. The molecule has 0 aliphatic rings. The zero-order chi connectivity index (χ0) is 14.1. The lowest BCUT2D eigenvalue weighted by Gasteiger charge is -2.20. The largest absolute Gasteiger partial charge is 0.313 e. The van der Waals surface area contributed by atoms with Crippen LogP contribution in [0.1, 0.15) is 44.7 Å². The molecule has 0 heterocycles. The van der Waals surface area contributed by atoms with Gasteiger partial charge in [0.1, 0.15) is 0 Å². The standard InChI is InChI=1S/C17H30N2/c1-5-16-8-10-17(11-9-16)14-18-12-6-7-13-19(4)15(2)3/h8-11,15,18H,5-7,12-14H2,1-4H3. The van der Waals surface area contributed by atoms with Gasteiger partial charge in [0.2, 0.25) is 0 Å². The van der Waals surface area contributed by atoms with Gasteiger partial charge in [0.25, 0.3) is 0 Å². The zero-order valence-electron chi connectivity index (χ0n) is 13.1. The van der Waals surface area contributed by atoms with Crippen LogP contribution in [-0.4, -0.2) is 31.1 Å². The van der Waals surface area contributed by atoms with Crippen molar-refractivity contribution in [3.63, 3.8) is 0 Å². The molecule has 0 atom stereocenters. The topological polar surface area (TPSA) is 15.3 Å². The molecule has 0 aliphatic carbocycles. The number of benzene rings is 1. The second-order valence-electron chi connectivity index (χ2n) is 5.63. The molecule has 108 valence electrons. The lowest BCUT2D eigenvalue weighted by atomic mass is 10.1. The zero-order valence-corrected chi connectivity index (χ0v) is 13.1. The van der Waals surface area contributed by atoms with Gasteiger partial charge in [-0.2, -0.15) is 0 Å². The number of nitrogens with zero attached hydrogens (tertiary/aromatic N) is 1. The highest BCUT2D eigenvalue weighted by Gasteiger charge is 2.01. The maximum absolute atomic E-state index is 3.52. The van der Waals surface area contributed by atoms with Crippen molar-refractivity contribution in [3.05, 3.63) is 35.4 Å². The minimum absolute atomic E-state index is 0.657. The minimum atomic E-state index is 0.657. The summed E-state index contributed by atoms with van der Waals surface area (Å²) in [4.78, 5) is 2.41. The van der Waals surface area contributed by atoms with Crippen molar-refractivity contribution < 1.29 is 0 Å². The molecule has 2 nitrogen and oxygen atoms in total. The Morgan fingerprint density at radius 1 is 1.05 bits per heavy atom. The van der Waals surface area contributed by atoms with Crippen LogP contribution < -0.4 is 5.32 Å². The van der Waals surface area contributed by atoms with Crippen LogP contribution in [0.3, 0.4) is 0 Å². The van der Waals surface area contributed by atoms with Crippen molar-refractivity contribution in [1.82, 2.24) is 10.2 Å². The van der Waals surface area contributed by atoms with Crippen LogP contribution in [0.5, 0.6) is 0 Å². The molecule has 0 fully saturated rings. The highest BCUT2D eigenvalue weighted by Crippen LogP contribution is 2.04. The predicted molar refractivity (Wildman–Crippen MR) is 84.5 cm³/mol. The van der Waals surface area contributed by atoms with Crippen LogP contribution in [0.4, 0.5) is 0 Å². The maximum atomic E-state index is 3.52. The Bertz CT molecular complexity index is 330. The van der Waals surface area contributed by atoms with Gasteiger partial charge in [0.15, 0.2) is 0 Å². The molecule has 1 aromatic rings. The molecule has 0 aromatic heterocycles. The molecule has 0 saturated heterocycles. The van der Waals surface area contributed by atoms with Crippen LogP contribution >= 0.6 is 0 Å². The maximum Gasteiger partial charge on any atom is 0.0205 e. The molecule has 0 unspecified atom stereocenters. The Morgan fingerprint density at radius 3 is 2.26 bits per heavy atom. The second-order valence-corrected chi connectivity index (χ2v) is 5.63. The molecule has 0 radical (unpaired) electrons. The van der Waals surface area contributed by atoms with Gasteiger partial charge in [-0.25, -0.2) is 0 Å². The SMILES string of the molecule is CCc1ccc(CNCCCCN(C)C(C)C)cc1. The van der Waals surface area contributed by atoms with Gasteiger partial charge in [-0.1, -0.05) is 31.2 Å². The van der Waals surface area contributed by atoms with Gasteiger partial charge in [0.05, 0.1) is 0 Å². The quantitative estimate of drug-likeness (QED) is 0.686. The predicted octanol–water partition coefficient (Wildman–Crippen LogP) is 3.46. The molecule has 2 heteroatoms. The normalized spacial score (nSPS) is 11.5. The monoisotopic (exact) mass is 262 g/mol. The molecule has 0 spiro atoms. The summed E-state index contributed by atoms with van der Waals surface area (Å²) in [5, 5.41) is 3.52. The van der Waals surface area contributed by atoms with E-state index in [0.29, 0.717) is 6.04 Å². The molecule has 1 N–H and O–H groups in total. The molecule has 19 heavy (non-hydrogen) atoms. The van der Waals surface area contributed by atoms with E-state index in [9.17, 15) is 0 Å². The fourth-order valence-electron chi connectivity index (χ4n) is 1.99. The molecule has 0 aliphatic heterocycles. The number of hydrogen-bond acceptors (Lipinski definition) is 2. The first kappa shape index (κ1) is 16.2. The molecule has 1 rings (SSSR count). The first-order chi connectivity index (χ1) is 9.13. The van der Waals surface area contributed by atoms with Gasteiger partial charge in [-0.05, 0) is 64.4 Å². The third-order valence-corrected chi connectivity index (χ3v) is 3.76. The Kier molecular flexibility index (Phi) is 7.76. The fourth-order valence-corrected chi connectivity index (χ4v) is 1.99. The van der Waals surface area contributed by atoms with E-state index in [1.807, 2.05) is 0 Å². The van der Waals surface area contributed by atoms with Gasteiger partial charge in [-0.3, -0.25) is 0 Å². The van der Waals surface area contributed by atoms with Crippen LogP contribution in [0.2, 0.25) is 0 Å².